The molecule has 5 atom stereocenters. The fourth-order valence-corrected chi connectivity index (χ4v) is 5.96. The lowest BCUT2D eigenvalue weighted by molar-refractivity contribution is -0.161. The Kier molecular flexibility index (Phi) is 10.0. The van der Waals surface area contributed by atoms with Gasteiger partial charge in [0.25, 0.3) is 0 Å². The molecule has 0 radical (unpaired) electrons. The third-order valence-electron chi connectivity index (χ3n) is 8.48. The summed E-state index contributed by atoms with van der Waals surface area (Å²) in [5, 5.41) is 4.51. The normalized spacial score (nSPS) is 23.3. The zero-order chi connectivity index (χ0) is 34.0. The second-order valence-corrected chi connectivity index (χ2v) is 14.1. The van der Waals surface area contributed by atoms with Crippen LogP contribution in [0.25, 0.3) is 10.8 Å². The van der Waals surface area contributed by atoms with Crippen molar-refractivity contribution in [3.8, 4) is 11.6 Å². The topological polar surface area (TPSA) is 133 Å². The van der Waals surface area contributed by atoms with Crippen LogP contribution in [-0.2, 0) is 28.7 Å². The van der Waals surface area contributed by atoms with E-state index in [2.05, 4.69) is 16.9 Å². The van der Waals surface area contributed by atoms with Gasteiger partial charge in [0.2, 0.25) is 17.7 Å². The Bertz CT molecular complexity index is 1490. The van der Waals surface area contributed by atoms with Gasteiger partial charge < -0.3 is 29.2 Å². The molecule has 250 valence electrons. The molecule has 1 aliphatic heterocycles. The number of ether oxygens (including phenoxy) is 4. The van der Waals surface area contributed by atoms with Crippen LogP contribution in [0.4, 0.5) is 0 Å². The Labute approximate surface area is 271 Å². The Hall–Kier alpha value is -4.15. The quantitative estimate of drug-likeness (QED) is 0.277. The van der Waals surface area contributed by atoms with Crippen LogP contribution in [-0.4, -0.2) is 77.2 Å². The second kappa shape index (κ2) is 13.3. The molecule has 1 saturated heterocycles. The number of amides is 2. The summed E-state index contributed by atoms with van der Waals surface area (Å²) in [5.41, 5.74) is -2.60. The van der Waals surface area contributed by atoms with Crippen LogP contribution in [0.1, 0.15) is 67.7 Å². The predicted molar refractivity (Wildman–Crippen MR) is 172 cm³/mol. The van der Waals surface area contributed by atoms with Crippen molar-refractivity contribution in [1.82, 2.24) is 15.2 Å². The summed E-state index contributed by atoms with van der Waals surface area (Å²) in [6.45, 7) is 16.7. The lowest BCUT2D eigenvalue weighted by atomic mass is 9.77. The van der Waals surface area contributed by atoms with E-state index < -0.39 is 52.5 Å². The number of rotatable bonds is 11. The van der Waals surface area contributed by atoms with Crippen molar-refractivity contribution in [2.45, 2.75) is 91.0 Å². The summed E-state index contributed by atoms with van der Waals surface area (Å²) in [5.74, 6) is -1.96. The van der Waals surface area contributed by atoms with Crippen molar-refractivity contribution in [2.75, 3.05) is 20.3 Å². The van der Waals surface area contributed by atoms with Gasteiger partial charge in [0.15, 0.2) is 0 Å². The third kappa shape index (κ3) is 7.62. The first-order valence-electron chi connectivity index (χ1n) is 15.8. The van der Waals surface area contributed by atoms with Gasteiger partial charge >= 0.3 is 11.9 Å². The number of aromatic nitrogens is 1. The first-order valence-corrected chi connectivity index (χ1v) is 15.8. The highest BCUT2D eigenvalue weighted by Crippen LogP contribution is 2.46. The maximum atomic E-state index is 14.4. The van der Waals surface area contributed by atoms with E-state index in [1.807, 2.05) is 45.0 Å². The van der Waals surface area contributed by atoms with Crippen molar-refractivity contribution < 1.29 is 38.1 Å². The summed E-state index contributed by atoms with van der Waals surface area (Å²) in [6, 6.07) is 6.39. The Balaban J connectivity index is 1.66. The molecule has 2 aromatic rings. The van der Waals surface area contributed by atoms with Crippen LogP contribution in [0.15, 0.2) is 43.1 Å². The number of nitrogens with one attached hydrogen (secondary N) is 1. The second-order valence-electron chi connectivity index (χ2n) is 14.1. The lowest BCUT2D eigenvalue weighted by Crippen LogP contribution is -2.55. The van der Waals surface area contributed by atoms with Gasteiger partial charge in [-0.25, -0.2) is 9.78 Å². The smallest absolute Gasteiger partial charge is 0.332 e. The van der Waals surface area contributed by atoms with E-state index >= 15 is 0 Å². The van der Waals surface area contributed by atoms with Gasteiger partial charge in [-0.2, -0.15) is 0 Å². The van der Waals surface area contributed by atoms with Crippen LogP contribution < -0.4 is 14.8 Å². The minimum atomic E-state index is -1.24. The van der Waals surface area contributed by atoms with Crippen LogP contribution in [0.5, 0.6) is 11.6 Å². The fourth-order valence-electron chi connectivity index (χ4n) is 5.96. The summed E-state index contributed by atoms with van der Waals surface area (Å²) in [4.78, 5) is 60.2. The number of benzene rings is 1. The van der Waals surface area contributed by atoms with E-state index in [-0.39, 0.29) is 37.8 Å². The number of esters is 2. The van der Waals surface area contributed by atoms with E-state index in [1.165, 1.54) is 4.90 Å². The molecule has 46 heavy (non-hydrogen) atoms. The van der Waals surface area contributed by atoms with Crippen LogP contribution >= 0.6 is 0 Å². The number of fused-ring (bicyclic) bond motifs is 1. The van der Waals surface area contributed by atoms with Crippen molar-refractivity contribution >= 4 is 34.5 Å². The van der Waals surface area contributed by atoms with E-state index in [9.17, 15) is 19.2 Å². The van der Waals surface area contributed by atoms with Crippen LogP contribution in [0.3, 0.4) is 0 Å². The van der Waals surface area contributed by atoms with Crippen molar-refractivity contribution in [3.63, 3.8) is 0 Å². The Morgan fingerprint density at radius 1 is 1.15 bits per heavy atom. The van der Waals surface area contributed by atoms with Crippen molar-refractivity contribution in [1.29, 1.82) is 0 Å². The molecule has 2 amide bonds. The first-order chi connectivity index (χ1) is 21.5. The Morgan fingerprint density at radius 3 is 2.46 bits per heavy atom. The van der Waals surface area contributed by atoms with Gasteiger partial charge in [0, 0.05) is 23.9 Å². The highest BCUT2D eigenvalue weighted by molar-refractivity contribution is 5.96. The zero-order valence-electron chi connectivity index (χ0n) is 28.2. The minimum Gasteiger partial charge on any atom is -0.497 e. The van der Waals surface area contributed by atoms with Gasteiger partial charge in [-0.3, -0.25) is 14.4 Å². The van der Waals surface area contributed by atoms with Gasteiger partial charge in [-0.05, 0) is 69.2 Å². The van der Waals surface area contributed by atoms with Gasteiger partial charge in [-0.15, -0.1) is 6.58 Å². The van der Waals surface area contributed by atoms with E-state index in [1.54, 1.807) is 47.1 Å². The molecule has 1 saturated carbocycles. The highest BCUT2D eigenvalue weighted by atomic mass is 16.6. The highest BCUT2D eigenvalue weighted by Gasteiger charge is 2.62. The number of likely N-dealkylation sites (tertiary alicyclic amines) is 1. The van der Waals surface area contributed by atoms with E-state index in [0.29, 0.717) is 18.1 Å². The number of methoxy groups -OCH3 is 1. The van der Waals surface area contributed by atoms with Crippen LogP contribution in [0, 0.1) is 17.3 Å². The molecule has 1 N–H and O–H groups in total. The van der Waals surface area contributed by atoms with Crippen molar-refractivity contribution in [3.05, 3.63) is 43.1 Å². The average Bonchev–Trinajstić information content (AvgIpc) is 3.53. The summed E-state index contributed by atoms with van der Waals surface area (Å²) < 4.78 is 22.6. The fraction of sp³-hybridized carbons (Fsp3) is 0.571. The molecule has 1 aromatic carbocycles. The molecule has 1 aromatic heterocycles. The number of carbonyl (C=O) groups is 4. The molecule has 2 aliphatic rings. The third-order valence-corrected chi connectivity index (χ3v) is 8.48. The predicted octanol–water partition coefficient (Wildman–Crippen LogP) is 4.61. The van der Waals surface area contributed by atoms with Crippen molar-refractivity contribution in [2.24, 2.45) is 17.3 Å². The number of pyridine rings is 1. The molecule has 0 spiro atoms. The summed E-state index contributed by atoms with van der Waals surface area (Å²) in [7, 11) is 1.59. The van der Waals surface area contributed by atoms with Gasteiger partial charge in [0.1, 0.15) is 29.0 Å². The molecular weight excluding hydrogens is 590 g/mol. The number of hydrogen-bond acceptors (Lipinski definition) is 9. The molecular formula is C35H47N3O8. The minimum absolute atomic E-state index is 0.0728. The number of nitrogens with zero attached hydrogens (tertiary/aromatic N) is 2. The van der Waals surface area contributed by atoms with Crippen LogP contribution in [0.2, 0.25) is 0 Å². The first kappa shape index (κ1) is 34.7. The van der Waals surface area contributed by atoms with Gasteiger partial charge in [0.05, 0.1) is 32.6 Å². The maximum absolute atomic E-state index is 14.4. The van der Waals surface area contributed by atoms with E-state index in [4.69, 9.17) is 18.9 Å². The number of hydrogen-bond donors (Lipinski definition) is 1. The standard InChI is InChI=1S/C35H47N3O8/c1-10-22-19-35(22,32(42)44-11-2)37-29(40)27-17-24(45-30-25-13-12-23(43-9)16-21(25)14-15-36-30)20-38(27)31(41)26(33(3,4)5)18-28(39)46-34(6,7)8/h10,12-16,22,24,26-27H,1,11,17-20H2,2-9H3,(H,37,40)/t22-,24-,26-,27+,35-/m1/s1. The van der Waals surface area contributed by atoms with Gasteiger partial charge in [-0.1, -0.05) is 26.8 Å². The molecule has 4 rings (SSSR count). The summed E-state index contributed by atoms with van der Waals surface area (Å²) >= 11 is 0. The Morgan fingerprint density at radius 2 is 1.87 bits per heavy atom. The molecule has 11 heteroatoms. The van der Waals surface area contributed by atoms with E-state index in [0.717, 1.165) is 10.8 Å². The molecule has 0 unspecified atom stereocenters. The largest absolute Gasteiger partial charge is 0.497 e. The molecule has 0 bridgehead atoms. The summed E-state index contributed by atoms with van der Waals surface area (Å²) in [6.07, 6.45) is 2.99. The average molecular weight is 638 g/mol. The molecule has 1 aliphatic carbocycles. The monoisotopic (exact) mass is 637 g/mol. The SMILES string of the molecule is C=C[C@@H]1C[C@]1(NC(=O)[C@@H]1C[C@@H](Oc2nccc3cc(OC)ccc23)CN1C(=O)[C@@H](CC(=O)OC(C)(C)C)C(C)(C)C)C(=O)OCC. The molecule has 11 nitrogen and oxygen atoms in total. The maximum Gasteiger partial charge on any atom is 0.332 e. The zero-order valence-corrected chi connectivity index (χ0v) is 28.2. The number of carbonyl (C=O) groups excluding carboxylic acids is 4. The molecule has 2 heterocycles. The lowest BCUT2D eigenvalue weighted by Gasteiger charge is -2.35. The molecule has 2 fully saturated rings.